The largest absolute Gasteiger partial charge is 0.388 e. The first kappa shape index (κ1) is 11.9. The number of rotatable bonds is 4. The molecule has 2 heterocycles. The molecule has 2 aromatic rings. The van der Waals surface area contributed by atoms with Gasteiger partial charge in [0.1, 0.15) is 4.99 Å². The highest BCUT2D eigenvalue weighted by atomic mass is 32.1. The van der Waals surface area contributed by atoms with Gasteiger partial charge in [-0.3, -0.25) is 4.68 Å². The molecule has 0 unspecified atom stereocenters. The van der Waals surface area contributed by atoms with E-state index in [9.17, 15) is 0 Å². The van der Waals surface area contributed by atoms with Gasteiger partial charge in [0.2, 0.25) is 0 Å². The average molecular weight is 248 g/mol. The highest BCUT2D eigenvalue weighted by Gasteiger charge is 2.08. The number of aryl methyl sites for hydroxylation is 2. The molecular weight excluding hydrogens is 232 g/mol. The number of nitrogens with zero attached hydrogens (tertiary/aromatic N) is 3. The Morgan fingerprint density at radius 2 is 2.29 bits per heavy atom. The Bertz CT molecular complexity index is 538. The number of aromatic nitrogens is 3. The number of hydrogen-bond donors (Lipinski definition) is 1. The summed E-state index contributed by atoms with van der Waals surface area (Å²) in [5.74, 6) is 0. The fourth-order valence-corrected chi connectivity index (χ4v) is 2.03. The monoisotopic (exact) mass is 248 g/mol. The molecule has 0 spiro atoms. The van der Waals surface area contributed by atoms with E-state index in [1.165, 1.54) is 0 Å². The summed E-state index contributed by atoms with van der Waals surface area (Å²) in [5, 5.41) is 4.42. The quantitative estimate of drug-likeness (QED) is 0.834. The van der Waals surface area contributed by atoms with Crippen LogP contribution < -0.4 is 5.73 Å². The zero-order chi connectivity index (χ0) is 12.4. The van der Waals surface area contributed by atoms with Crippen LogP contribution >= 0.6 is 12.2 Å². The second-order valence-electron chi connectivity index (χ2n) is 3.99. The Labute approximate surface area is 106 Å². The van der Waals surface area contributed by atoms with Crippen LogP contribution in [-0.4, -0.2) is 19.3 Å². The van der Waals surface area contributed by atoms with Gasteiger partial charge in [0.15, 0.2) is 0 Å². The normalized spacial score (nSPS) is 10.7. The van der Waals surface area contributed by atoms with E-state index < -0.39 is 0 Å². The summed E-state index contributed by atoms with van der Waals surface area (Å²) in [5.41, 5.74) is 8.81. The first-order chi connectivity index (χ1) is 8.11. The molecule has 0 aromatic carbocycles. The van der Waals surface area contributed by atoms with Crippen molar-refractivity contribution in [2.75, 3.05) is 0 Å². The van der Waals surface area contributed by atoms with Crippen LogP contribution in [0.15, 0.2) is 24.4 Å². The SMILES string of the molecule is CCc1cc(Cn2cccc2C(N)=S)n(C)n1. The highest BCUT2D eigenvalue weighted by Crippen LogP contribution is 2.09. The van der Waals surface area contributed by atoms with Gasteiger partial charge in [-0.15, -0.1) is 0 Å². The summed E-state index contributed by atoms with van der Waals surface area (Å²) in [6.45, 7) is 2.84. The van der Waals surface area contributed by atoms with Gasteiger partial charge >= 0.3 is 0 Å². The molecule has 0 aliphatic rings. The summed E-state index contributed by atoms with van der Waals surface area (Å²) in [7, 11) is 1.96. The molecule has 0 bridgehead atoms. The number of thiocarbonyl (C=S) groups is 1. The summed E-state index contributed by atoms with van der Waals surface area (Å²) in [6, 6.07) is 5.99. The topological polar surface area (TPSA) is 48.8 Å². The predicted molar refractivity (Wildman–Crippen MR) is 72.0 cm³/mol. The van der Waals surface area contributed by atoms with E-state index in [1.54, 1.807) is 0 Å². The molecule has 0 atom stereocenters. The molecule has 4 nitrogen and oxygen atoms in total. The minimum Gasteiger partial charge on any atom is -0.388 e. The van der Waals surface area contributed by atoms with Crippen molar-refractivity contribution in [3.63, 3.8) is 0 Å². The maximum atomic E-state index is 5.67. The minimum atomic E-state index is 0.424. The summed E-state index contributed by atoms with van der Waals surface area (Å²) < 4.78 is 3.95. The highest BCUT2D eigenvalue weighted by molar-refractivity contribution is 7.80. The lowest BCUT2D eigenvalue weighted by atomic mass is 10.3. The Kier molecular flexibility index (Phi) is 3.28. The van der Waals surface area contributed by atoms with Crippen LogP contribution in [-0.2, 0) is 20.0 Å². The van der Waals surface area contributed by atoms with Gasteiger partial charge in [0.05, 0.1) is 23.6 Å². The van der Waals surface area contributed by atoms with Crippen molar-refractivity contribution < 1.29 is 0 Å². The van der Waals surface area contributed by atoms with Gasteiger partial charge in [-0.25, -0.2) is 0 Å². The van der Waals surface area contributed by atoms with Gasteiger partial charge in [-0.1, -0.05) is 19.1 Å². The third-order valence-corrected chi connectivity index (χ3v) is 3.01. The summed E-state index contributed by atoms with van der Waals surface area (Å²) in [4.78, 5) is 0.424. The number of nitrogens with two attached hydrogens (primary N) is 1. The van der Waals surface area contributed by atoms with E-state index in [0.717, 1.165) is 30.0 Å². The first-order valence-corrected chi connectivity index (χ1v) is 5.99. The minimum absolute atomic E-state index is 0.424. The maximum absolute atomic E-state index is 5.67. The lowest BCUT2D eigenvalue weighted by Gasteiger charge is -2.07. The van der Waals surface area contributed by atoms with Crippen molar-refractivity contribution in [3.8, 4) is 0 Å². The van der Waals surface area contributed by atoms with Crippen LogP contribution in [0.5, 0.6) is 0 Å². The molecule has 17 heavy (non-hydrogen) atoms. The second kappa shape index (κ2) is 4.71. The molecule has 0 radical (unpaired) electrons. The third kappa shape index (κ3) is 2.39. The van der Waals surface area contributed by atoms with Crippen molar-refractivity contribution in [2.24, 2.45) is 12.8 Å². The molecule has 90 valence electrons. The van der Waals surface area contributed by atoms with Crippen molar-refractivity contribution in [1.82, 2.24) is 14.3 Å². The molecule has 2 aromatic heterocycles. The van der Waals surface area contributed by atoms with E-state index in [1.807, 2.05) is 34.6 Å². The van der Waals surface area contributed by atoms with Crippen molar-refractivity contribution in [3.05, 3.63) is 41.5 Å². The van der Waals surface area contributed by atoms with Crippen LogP contribution in [0.25, 0.3) is 0 Å². The fourth-order valence-electron chi connectivity index (χ4n) is 1.84. The molecule has 0 saturated carbocycles. The van der Waals surface area contributed by atoms with E-state index in [-0.39, 0.29) is 0 Å². The molecule has 2 N–H and O–H groups in total. The molecule has 0 aliphatic carbocycles. The predicted octanol–water partition coefficient (Wildman–Crippen LogP) is 1.47. The van der Waals surface area contributed by atoms with Crippen LogP contribution in [0, 0.1) is 0 Å². The van der Waals surface area contributed by atoms with E-state index in [4.69, 9.17) is 18.0 Å². The molecule has 0 aliphatic heterocycles. The standard InChI is InChI=1S/C12H16N4S/c1-3-9-7-10(15(2)14-9)8-16-6-4-5-11(16)12(13)17/h4-7H,3,8H2,1-2H3,(H2,13,17). The fraction of sp³-hybridized carbons (Fsp3) is 0.333. The molecule has 0 amide bonds. The third-order valence-electron chi connectivity index (χ3n) is 2.80. The first-order valence-electron chi connectivity index (χ1n) is 5.58. The average Bonchev–Trinajstić information content (AvgIpc) is 2.87. The lowest BCUT2D eigenvalue weighted by molar-refractivity contribution is 0.660. The Hall–Kier alpha value is -1.62. The van der Waals surface area contributed by atoms with Crippen LogP contribution in [0.1, 0.15) is 24.0 Å². The zero-order valence-corrected chi connectivity index (χ0v) is 10.9. The zero-order valence-electron chi connectivity index (χ0n) is 10.1. The molecule has 0 fully saturated rings. The van der Waals surface area contributed by atoms with Gasteiger partial charge in [-0.2, -0.15) is 5.10 Å². The maximum Gasteiger partial charge on any atom is 0.120 e. The van der Waals surface area contributed by atoms with Gasteiger partial charge in [0.25, 0.3) is 0 Å². The molecule has 2 rings (SSSR count). The van der Waals surface area contributed by atoms with E-state index in [2.05, 4.69) is 18.1 Å². The molecular formula is C12H16N4S. The van der Waals surface area contributed by atoms with E-state index in [0.29, 0.717) is 4.99 Å². The Morgan fingerprint density at radius 3 is 2.88 bits per heavy atom. The Balaban J connectivity index is 2.28. The second-order valence-corrected chi connectivity index (χ2v) is 4.43. The van der Waals surface area contributed by atoms with Crippen LogP contribution in [0.2, 0.25) is 0 Å². The lowest BCUT2D eigenvalue weighted by Crippen LogP contribution is -2.16. The van der Waals surface area contributed by atoms with Gasteiger partial charge in [-0.05, 0) is 24.6 Å². The van der Waals surface area contributed by atoms with Crippen molar-refractivity contribution in [1.29, 1.82) is 0 Å². The molecule has 0 saturated heterocycles. The smallest absolute Gasteiger partial charge is 0.120 e. The van der Waals surface area contributed by atoms with Crippen LogP contribution in [0.3, 0.4) is 0 Å². The number of hydrogen-bond acceptors (Lipinski definition) is 2. The van der Waals surface area contributed by atoms with Crippen molar-refractivity contribution in [2.45, 2.75) is 19.9 Å². The Morgan fingerprint density at radius 1 is 1.53 bits per heavy atom. The van der Waals surface area contributed by atoms with Crippen molar-refractivity contribution >= 4 is 17.2 Å². The summed E-state index contributed by atoms with van der Waals surface area (Å²) >= 11 is 5.01. The molecule has 5 heteroatoms. The van der Waals surface area contributed by atoms with E-state index >= 15 is 0 Å². The summed E-state index contributed by atoms with van der Waals surface area (Å²) in [6.07, 6.45) is 2.93. The van der Waals surface area contributed by atoms with Gasteiger partial charge in [0, 0.05) is 13.2 Å². The van der Waals surface area contributed by atoms with Crippen LogP contribution in [0.4, 0.5) is 0 Å². The van der Waals surface area contributed by atoms with Gasteiger partial charge < -0.3 is 10.3 Å².